The summed E-state index contributed by atoms with van der Waals surface area (Å²) in [6.45, 7) is 3.54. The molecular weight excluding hydrogens is 392 g/mol. The predicted molar refractivity (Wildman–Crippen MR) is 117 cm³/mol. The Morgan fingerprint density at radius 1 is 1.10 bits per heavy atom. The highest BCUT2D eigenvalue weighted by atomic mass is 16.4. The van der Waals surface area contributed by atoms with Crippen molar-refractivity contribution in [2.45, 2.75) is 20.4 Å². The molecule has 0 radical (unpaired) electrons. The van der Waals surface area contributed by atoms with Crippen LogP contribution in [0.2, 0.25) is 0 Å². The van der Waals surface area contributed by atoms with Gasteiger partial charge >= 0.3 is 6.09 Å². The van der Waals surface area contributed by atoms with Gasteiger partial charge in [0.25, 0.3) is 0 Å². The molecule has 0 fully saturated rings. The smallest absolute Gasteiger partial charge is 0.407 e. The second-order valence-corrected chi connectivity index (χ2v) is 7.16. The summed E-state index contributed by atoms with van der Waals surface area (Å²) >= 11 is 0. The van der Waals surface area contributed by atoms with Crippen LogP contribution in [-0.2, 0) is 11.3 Å². The Morgan fingerprint density at radius 3 is 2.48 bits per heavy atom. The second kappa shape index (κ2) is 8.98. The quantitative estimate of drug-likeness (QED) is 0.635. The van der Waals surface area contributed by atoms with E-state index < -0.39 is 6.09 Å². The number of nitrogens with zero attached hydrogens (tertiary/aromatic N) is 3. The van der Waals surface area contributed by atoms with Crippen LogP contribution in [0.3, 0.4) is 0 Å². The number of nitrogens with one attached hydrogen (secondary N) is 1. The maximum absolute atomic E-state index is 11.3. The minimum atomic E-state index is -1.05. The van der Waals surface area contributed by atoms with Crippen molar-refractivity contribution >= 4 is 28.7 Å². The first-order chi connectivity index (χ1) is 14.7. The van der Waals surface area contributed by atoms with Crippen LogP contribution in [0.25, 0.3) is 10.9 Å². The summed E-state index contributed by atoms with van der Waals surface area (Å²) in [6.07, 6.45) is -1.05. The van der Waals surface area contributed by atoms with Gasteiger partial charge in [-0.3, -0.25) is 4.79 Å². The lowest BCUT2D eigenvalue weighted by atomic mass is 10.0. The molecule has 0 saturated heterocycles. The van der Waals surface area contributed by atoms with E-state index >= 15 is 0 Å². The number of rotatable bonds is 3. The maximum Gasteiger partial charge on any atom is 0.407 e. The lowest BCUT2D eigenvalue weighted by Gasteiger charge is -2.13. The van der Waals surface area contributed by atoms with E-state index in [1.54, 1.807) is 18.2 Å². The molecule has 7 nitrogen and oxygen atoms in total. The van der Waals surface area contributed by atoms with Gasteiger partial charge in [0.15, 0.2) is 0 Å². The van der Waals surface area contributed by atoms with Gasteiger partial charge in [-0.25, -0.2) is 9.78 Å². The van der Waals surface area contributed by atoms with Crippen molar-refractivity contribution in [3.63, 3.8) is 0 Å². The number of hydrogen-bond donors (Lipinski definition) is 2. The standard InChI is InChI=1S/C24H20N4O3/c1-15-8-23(26-16(2)29)27-22-12-17(6-7-21(15)22)4-5-18-9-19(13-25)11-20(10-18)14-28(3)24(30)31/h6-12H,14H2,1-3H3,(H,30,31)(H,26,27,29). The van der Waals surface area contributed by atoms with Crippen molar-refractivity contribution in [1.29, 1.82) is 5.26 Å². The molecule has 7 heteroatoms. The van der Waals surface area contributed by atoms with Crippen LogP contribution >= 0.6 is 0 Å². The molecule has 2 N–H and O–H groups in total. The SMILES string of the molecule is CC(=O)Nc1cc(C)c2ccc(C#Cc3cc(C#N)cc(CN(C)C(=O)O)c3)cc2n1. The largest absolute Gasteiger partial charge is 0.465 e. The van der Waals surface area contributed by atoms with Crippen LogP contribution in [0.5, 0.6) is 0 Å². The van der Waals surface area contributed by atoms with Gasteiger partial charge in [0.1, 0.15) is 5.82 Å². The van der Waals surface area contributed by atoms with Gasteiger partial charge in [0.2, 0.25) is 5.91 Å². The number of amides is 2. The number of nitriles is 1. The summed E-state index contributed by atoms with van der Waals surface area (Å²) in [5.74, 6) is 6.40. The van der Waals surface area contributed by atoms with Crippen LogP contribution in [0.1, 0.15) is 34.7 Å². The Hall–Kier alpha value is -4.36. The van der Waals surface area contributed by atoms with E-state index in [1.807, 2.05) is 31.2 Å². The highest BCUT2D eigenvalue weighted by Crippen LogP contribution is 2.21. The van der Waals surface area contributed by atoms with E-state index in [0.29, 0.717) is 28.0 Å². The molecule has 1 heterocycles. The van der Waals surface area contributed by atoms with Crippen molar-refractivity contribution in [3.8, 4) is 17.9 Å². The number of fused-ring (bicyclic) bond motifs is 1. The summed E-state index contributed by atoms with van der Waals surface area (Å²) in [4.78, 5) is 28.0. The Balaban J connectivity index is 1.96. The van der Waals surface area contributed by atoms with Crippen LogP contribution in [0.4, 0.5) is 10.6 Å². The van der Waals surface area contributed by atoms with E-state index in [9.17, 15) is 14.9 Å². The monoisotopic (exact) mass is 412 g/mol. The highest BCUT2D eigenvalue weighted by Gasteiger charge is 2.08. The van der Waals surface area contributed by atoms with Crippen LogP contribution < -0.4 is 5.32 Å². The number of anilines is 1. The fourth-order valence-corrected chi connectivity index (χ4v) is 3.13. The lowest BCUT2D eigenvalue weighted by molar-refractivity contribution is -0.114. The van der Waals surface area contributed by atoms with Crippen molar-refractivity contribution in [2.24, 2.45) is 0 Å². The number of hydrogen-bond acceptors (Lipinski definition) is 4. The average Bonchev–Trinajstić information content (AvgIpc) is 2.71. The molecule has 154 valence electrons. The third-order valence-corrected chi connectivity index (χ3v) is 4.54. The van der Waals surface area contributed by atoms with Crippen LogP contribution in [-0.4, -0.2) is 34.0 Å². The molecule has 0 spiro atoms. The molecule has 0 saturated carbocycles. The topological polar surface area (TPSA) is 106 Å². The zero-order valence-electron chi connectivity index (χ0n) is 17.4. The number of carbonyl (C=O) groups is 2. The second-order valence-electron chi connectivity index (χ2n) is 7.16. The first-order valence-electron chi connectivity index (χ1n) is 9.44. The van der Waals surface area contributed by atoms with E-state index in [2.05, 4.69) is 28.2 Å². The molecule has 2 aromatic carbocycles. The van der Waals surface area contributed by atoms with E-state index in [1.165, 1.54) is 14.0 Å². The molecule has 2 amide bonds. The Bertz CT molecular complexity index is 1300. The molecule has 1 aromatic heterocycles. The molecule has 0 aliphatic rings. The number of carboxylic acid groups (broad SMARTS) is 1. The lowest BCUT2D eigenvalue weighted by Crippen LogP contribution is -2.23. The molecule has 0 unspecified atom stereocenters. The zero-order valence-corrected chi connectivity index (χ0v) is 17.4. The molecule has 0 bridgehead atoms. The highest BCUT2D eigenvalue weighted by molar-refractivity contribution is 5.91. The van der Waals surface area contributed by atoms with Gasteiger partial charge in [-0.15, -0.1) is 0 Å². The number of benzene rings is 2. The molecular formula is C24H20N4O3. The van der Waals surface area contributed by atoms with E-state index in [4.69, 9.17) is 5.11 Å². The first kappa shape index (κ1) is 21.4. The van der Waals surface area contributed by atoms with Gasteiger partial charge in [-0.1, -0.05) is 17.9 Å². The minimum absolute atomic E-state index is 0.157. The van der Waals surface area contributed by atoms with Crippen molar-refractivity contribution in [1.82, 2.24) is 9.88 Å². The van der Waals surface area contributed by atoms with Gasteiger partial charge in [-0.05, 0) is 54.4 Å². The van der Waals surface area contributed by atoms with Gasteiger partial charge in [0.05, 0.1) is 17.1 Å². The Morgan fingerprint density at radius 2 is 1.81 bits per heavy atom. The first-order valence-corrected chi connectivity index (χ1v) is 9.44. The number of aromatic nitrogens is 1. The summed E-state index contributed by atoms with van der Waals surface area (Å²) < 4.78 is 0. The normalized spacial score (nSPS) is 10.0. The number of pyridine rings is 1. The maximum atomic E-state index is 11.3. The third kappa shape index (κ3) is 5.37. The fourth-order valence-electron chi connectivity index (χ4n) is 3.13. The van der Waals surface area contributed by atoms with Crippen LogP contribution in [0.15, 0.2) is 42.5 Å². The molecule has 3 aromatic rings. The summed E-state index contributed by atoms with van der Waals surface area (Å²) in [5, 5.41) is 22.0. The molecule has 3 rings (SSSR count). The van der Waals surface area contributed by atoms with E-state index in [0.717, 1.165) is 21.4 Å². The minimum Gasteiger partial charge on any atom is -0.465 e. The molecule has 31 heavy (non-hydrogen) atoms. The van der Waals surface area contributed by atoms with Crippen LogP contribution in [0, 0.1) is 30.1 Å². The zero-order chi connectivity index (χ0) is 22.5. The predicted octanol–water partition coefficient (Wildman–Crippen LogP) is 3.88. The van der Waals surface area contributed by atoms with Crippen molar-refractivity contribution < 1.29 is 14.7 Å². The Labute approximate surface area is 179 Å². The number of carbonyl (C=O) groups excluding carboxylic acids is 1. The summed E-state index contributed by atoms with van der Waals surface area (Å²) in [5.41, 5.74) is 4.14. The van der Waals surface area contributed by atoms with E-state index in [-0.39, 0.29) is 12.5 Å². The summed E-state index contributed by atoms with van der Waals surface area (Å²) in [6, 6.07) is 14.6. The van der Waals surface area contributed by atoms with Gasteiger partial charge in [-0.2, -0.15) is 5.26 Å². The molecule has 0 aliphatic heterocycles. The van der Waals surface area contributed by atoms with Gasteiger partial charge < -0.3 is 15.3 Å². The molecule has 0 atom stereocenters. The average molecular weight is 412 g/mol. The number of aryl methyl sites for hydroxylation is 1. The Kier molecular flexibility index (Phi) is 6.18. The van der Waals surface area contributed by atoms with Crippen molar-refractivity contribution in [3.05, 3.63) is 70.3 Å². The summed E-state index contributed by atoms with van der Waals surface area (Å²) in [7, 11) is 1.46. The molecule has 0 aliphatic carbocycles. The van der Waals surface area contributed by atoms with Gasteiger partial charge in [0, 0.05) is 37.0 Å². The fraction of sp³-hybridized carbons (Fsp3) is 0.167. The third-order valence-electron chi connectivity index (χ3n) is 4.54. The van der Waals surface area contributed by atoms with Crippen molar-refractivity contribution in [2.75, 3.05) is 12.4 Å².